The van der Waals surface area contributed by atoms with Gasteiger partial charge in [0.25, 0.3) is 0 Å². The molecule has 1 rings (SSSR count). The Hall–Kier alpha value is -1.62. The highest BCUT2D eigenvalue weighted by Gasteiger charge is 2.22. The van der Waals surface area contributed by atoms with Crippen molar-refractivity contribution in [2.45, 2.75) is 31.9 Å². The zero-order valence-corrected chi connectivity index (χ0v) is 9.01. The molecule has 0 bridgehead atoms. The Kier molecular flexibility index (Phi) is 4.25. The molecule has 0 spiro atoms. The van der Waals surface area contributed by atoms with Gasteiger partial charge in [0.2, 0.25) is 5.91 Å². The number of allylic oxidation sites excluding steroid dienone is 3. The summed E-state index contributed by atoms with van der Waals surface area (Å²) in [7, 11) is 0. The van der Waals surface area contributed by atoms with Gasteiger partial charge in [-0.3, -0.25) is 4.79 Å². The monoisotopic (exact) mass is 225 g/mol. The maximum absolute atomic E-state index is 11.2. The Morgan fingerprint density at radius 1 is 1.56 bits per heavy atom. The quantitative estimate of drug-likeness (QED) is 0.624. The molecule has 0 heterocycles. The van der Waals surface area contributed by atoms with Crippen molar-refractivity contribution >= 4 is 11.9 Å². The second kappa shape index (κ2) is 5.46. The number of nitrogens with one attached hydrogen (secondary N) is 1. The molecule has 16 heavy (non-hydrogen) atoms. The third kappa shape index (κ3) is 3.51. The third-order valence-electron chi connectivity index (χ3n) is 2.28. The van der Waals surface area contributed by atoms with Crippen LogP contribution in [-0.2, 0) is 9.59 Å². The predicted molar refractivity (Wildman–Crippen MR) is 57.7 cm³/mol. The van der Waals surface area contributed by atoms with Crippen molar-refractivity contribution in [1.82, 2.24) is 5.32 Å². The Balaban J connectivity index is 2.57. The van der Waals surface area contributed by atoms with E-state index in [1.54, 1.807) is 0 Å². The molecule has 1 amide bonds. The summed E-state index contributed by atoms with van der Waals surface area (Å²) in [5, 5.41) is 20.2. The standard InChI is InChI=1S/C11H15NO4/c1-7(13)10(14)12-9(11(15)16)6-8-4-2-3-5-8/h2,4-5,7,9,13H,3,6H2,1H3,(H,12,14)(H,15,16). The second-order valence-corrected chi connectivity index (χ2v) is 3.70. The summed E-state index contributed by atoms with van der Waals surface area (Å²) in [6.45, 7) is 1.29. The third-order valence-corrected chi connectivity index (χ3v) is 2.28. The smallest absolute Gasteiger partial charge is 0.326 e. The maximum atomic E-state index is 11.2. The summed E-state index contributed by atoms with van der Waals surface area (Å²) in [6.07, 6.45) is 5.51. The van der Waals surface area contributed by atoms with Crippen molar-refractivity contribution in [1.29, 1.82) is 0 Å². The number of aliphatic hydroxyl groups is 1. The molecular formula is C11H15NO4. The van der Waals surface area contributed by atoms with E-state index in [0.29, 0.717) is 0 Å². The molecule has 1 aliphatic carbocycles. The molecule has 2 atom stereocenters. The molecule has 5 heteroatoms. The number of rotatable bonds is 5. The second-order valence-electron chi connectivity index (χ2n) is 3.70. The topological polar surface area (TPSA) is 86.6 Å². The first kappa shape index (κ1) is 12.4. The molecule has 1 aliphatic rings. The minimum absolute atomic E-state index is 0.240. The maximum Gasteiger partial charge on any atom is 0.326 e. The number of carbonyl (C=O) groups excluding carboxylic acids is 1. The fourth-order valence-electron chi connectivity index (χ4n) is 1.39. The molecule has 0 aromatic carbocycles. The summed E-state index contributed by atoms with van der Waals surface area (Å²) < 4.78 is 0. The van der Waals surface area contributed by atoms with E-state index in [1.165, 1.54) is 6.92 Å². The van der Waals surface area contributed by atoms with E-state index in [2.05, 4.69) is 5.32 Å². The van der Waals surface area contributed by atoms with Gasteiger partial charge in [-0.1, -0.05) is 18.2 Å². The SMILES string of the molecule is CC(O)C(=O)NC(CC1=CCC=C1)C(=O)O. The van der Waals surface area contributed by atoms with Crippen LogP contribution in [0.25, 0.3) is 0 Å². The van der Waals surface area contributed by atoms with Gasteiger partial charge < -0.3 is 15.5 Å². The minimum Gasteiger partial charge on any atom is -0.480 e. The van der Waals surface area contributed by atoms with Crippen LogP contribution in [0.4, 0.5) is 0 Å². The minimum atomic E-state index is -1.20. The van der Waals surface area contributed by atoms with E-state index in [9.17, 15) is 9.59 Å². The molecule has 0 aliphatic heterocycles. The normalized spacial score (nSPS) is 17.8. The van der Waals surface area contributed by atoms with Crippen LogP contribution in [0, 0.1) is 0 Å². The fourth-order valence-corrected chi connectivity index (χ4v) is 1.39. The van der Waals surface area contributed by atoms with Crippen LogP contribution in [0.5, 0.6) is 0 Å². The summed E-state index contributed by atoms with van der Waals surface area (Å²) in [5.41, 5.74) is 0.887. The van der Waals surface area contributed by atoms with Crippen LogP contribution in [0.3, 0.4) is 0 Å². The van der Waals surface area contributed by atoms with Gasteiger partial charge >= 0.3 is 5.97 Å². The van der Waals surface area contributed by atoms with E-state index in [4.69, 9.17) is 10.2 Å². The average Bonchev–Trinajstić information content (AvgIpc) is 2.68. The van der Waals surface area contributed by atoms with Crippen molar-refractivity contribution in [2.75, 3.05) is 0 Å². The van der Waals surface area contributed by atoms with Crippen molar-refractivity contribution in [3.8, 4) is 0 Å². The van der Waals surface area contributed by atoms with Crippen LogP contribution in [0.15, 0.2) is 23.8 Å². The highest BCUT2D eigenvalue weighted by molar-refractivity contribution is 5.86. The highest BCUT2D eigenvalue weighted by atomic mass is 16.4. The Bertz CT molecular complexity index is 344. The zero-order valence-electron chi connectivity index (χ0n) is 9.01. The van der Waals surface area contributed by atoms with Crippen LogP contribution in [0.1, 0.15) is 19.8 Å². The predicted octanol–water partition coefficient (Wildman–Crippen LogP) is 0.213. The zero-order chi connectivity index (χ0) is 12.1. The Morgan fingerprint density at radius 2 is 2.25 bits per heavy atom. The van der Waals surface area contributed by atoms with E-state index < -0.39 is 24.0 Å². The first-order valence-corrected chi connectivity index (χ1v) is 5.07. The van der Waals surface area contributed by atoms with E-state index in [1.807, 2.05) is 18.2 Å². The van der Waals surface area contributed by atoms with Gasteiger partial charge in [-0.2, -0.15) is 0 Å². The van der Waals surface area contributed by atoms with Gasteiger partial charge in [0.15, 0.2) is 0 Å². The highest BCUT2D eigenvalue weighted by Crippen LogP contribution is 2.15. The van der Waals surface area contributed by atoms with Crippen LogP contribution in [-0.4, -0.2) is 34.2 Å². The number of carboxylic acid groups (broad SMARTS) is 1. The summed E-state index contributed by atoms with van der Waals surface area (Å²) in [4.78, 5) is 22.1. The molecule has 0 saturated carbocycles. The lowest BCUT2D eigenvalue weighted by molar-refractivity contribution is -0.143. The number of aliphatic hydroxyl groups excluding tert-OH is 1. The molecule has 0 radical (unpaired) electrons. The van der Waals surface area contributed by atoms with Gasteiger partial charge in [0, 0.05) is 6.42 Å². The number of carboxylic acids is 1. The van der Waals surface area contributed by atoms with Crippen LogP contribution < -0.4 is 5.32 Å². The lowest BCUT2D eigenvalue weighted by Crippen LogP contribution is -2.44. The van der Waals surface area contributed by atoms with Crippen LogP contribution >= 0.6 is 0 Å². The average molecular weight is 225 g/mol. The first-order chi connectivity index (χ1) is 7.50. The van der Waals surface area contributed by atoms with Gasteiger partial charge in [-0.15, -0.1) is 0 Å². The van der Waals surface area contributed by atoms with Gasteiger partial charge in [-0.05, 0) is 18.9 Å². The molecular weight excluding hydrogens is 210 g/mol. The fraction of sp³-hybridized carbons (Fsp3) is 0.455. The number of carbonyl (C=O) groups is 2. The number of aliphatic carboxylic acids is 1. The Morgan fingerprint density at radius 3 is 2.69 bits per heavy atom. The molecule has 2 unspecified atom stereocenters. The van der Waals surface area contributed by atoms with E-state index in [0.717, 1.165) is 12.0 Å². The molecule has 0 fully saturated rings. The summed E-state index contributed by atoms with van der Waals surface area (Å²) >= 11 is 0. The number of hydrogen-bond acceptors (Lipinski definition) is 3. The molecule has 5 nitrogen and oxygen atoms in total. The van der Waals surface area contributed by atoms with Crippen molar-refractivity contribution in [3.05, 3.63) is 23.8 Å². The summed E-state index contributed by atoms with van der Waals surface area (Å²) in [6, 6.07) is -0.990. The first-order valence-electron chi connectivity index (χ1n) is 5.07. The van der Waals surface area contributed by atoms with Gasteiger partial charge in [0.05, 0.1) is 0 Å². The van der Waals surface area contributed by atoms with Crippen LogP contribution in [0.2, 0.25) is 0 Å². The molecule has 0 saturated heterocycles. The van der Waals surface area contributed by atoms with E-state index in [-0.39, 0.29) is 6.42 Å². The van der Waals surface area contributed by atoms with Gasteiger partial charge in [-0.25, -0.2) is 4.79 Å². The molecule has 88 valence electrons. The Labute approximate surface area is 93.5 Å². The lowest BCUT2D eigenvalue weighted by Gasteiger charge is -2.15. The van der Waals surface area contributed by atoms with E-state index >= 15 is 0 Å². The van der Waals surface area contributed by atoms with Crippen molar-refractivity contribution in [3.63, 3.8) is 0 Å². The van der Waals surface area contributed by atoms with Crippen molar-refractivity contribution in [2.24, 2.45) is 0 Å². The van der Waals surface area contributed by atoms with Crippen molar-refractivity contribution < 1.29 is 19.8 Å². The molecule has 3 N–H and O–H groups in total. The number of amides is 1. The summed E-state index contributed by atoms with van der Waals surface area (Å²) in [5.74, 6) is -1.77. The van der Waals surface area contributed by atoms with Gasteiger partial charge in [0.1, 0.15) is 12.1 Å². The largest absolute Gasteiger partial charge is 0.480 e. The molecule has 0 aromatic rings. The molecule has 0 aromatic heterocycles. The lowest BCUT2D eigenvalue weighted by atomic mass is 10.1. The number of hydrogen-bond donors (Lipinski definition) is 3.